The first-order valence-corrected chi connectivity index (χ1v) is 13.3. The monoisotopic (exact) mass is 646 g/mol. The lowest BCUT2D eigenvalue weighted by Crippen LogP contribution is -2.18. The molecule has 2 aromatic carbocycles. The third-order valence-electron chi connectivity index (χ3n) is 6.33. The van der Waals surface area contributed by atoms with Crippen LogP contribution in [-0.4, -0.2) is 23.1 Å². The molecule has 43 heavy (non-hydrogen) atoms. The van der Waals surface area contributed by atoms with Crippen molar-refractivity contribution >= 4 is 45.8 Å². The molecular formula is C28H11F9O4S2. The highest BCUT2D eigenvalue weighted by atomic mass is 32.1. The number of fused-ring (bicyclic) bond motifs is 3. The molecule has 0 spiro atoms. The molecule has 5 rings (SSSR count). The summed E-state index contributed by atoms with van der Waals surface area (Å²) in [7, 11) is 0. The Morgan fingerprint density at radius 1 is 0.535 bits per heavy atom. The lowest BCUT2D eigenvalue weighted by atomic mass is 9.94. The van der Waals surface area contributed by atoms with Crippen LogP contribution in [0.5, 0.6) is 0 Å². The molecule has 1 aliphatic carbocycles. The zero-order valence-electron chi connectivity index (χ0n) is 21.0. The van der Waals surface area contributed by atoms with Gasteiger partial charge in [-0.1, -0.05) is 0 Å². The van der Waals surface area contributed by atoms with Gasteiger partial charge in [-0.05, 0) is 61.0 Å². The molecule has 1 aliphatic rings. The molecule has 4 aromatic rings. The normalized spacial score (nSPS) is 13.6. The summed E-state index contributed by atoms with van der Waals surface area (Å²) in [6.45, 7) is 1.34. The van der Waals surface area contributed by atoms with Gasteiger partial charge in [-0.2, -0.15) is 39.5 Å². The first-order chi connectivity index (χ1) is 19.8. The Morgan fingerprint density at radius 3 is 1.26 bits per heavy atom. The van der Waals surface area contributed by atoms with Crippen LogP contribution < -0.4 is 0 Å². The van der Waals surface area contributed by atoms with Crippen molar-refractivity contribution in [3.05, 3.63) is 103 Å². The van der Waals surface area contributed by atoms with Gasteiger partial charge in [-0.25, -0.2) is 0 Å². The van der Waals surface area contributed by atoms with E-state index in [1.165, 1.54) is 13.0 Å². The quantitative estimate of drug-likeness (QED) is 0.126. The van der Waals surface area contributed by atoms with Crippen molar-refractivity contribution in [3.63, 3.8) is 0 Å². The van der Waals surface area contributed by atoms with Crippen LogP contribution in [0.25, 0.3) is 9.75 Å². The lowest BCUT2D eigenvalue weighted by Gasteiger charge is -2.13. The smallest absolute Gasteiger partial charge is 0.288 e. The molecule has 0 fully saturated rings. The zero-order chi connectivity index (χ0) is 31.8. The van der Waals surface area contributed by atoms with Crippen LogP contribution in [0, 0.1) is 6.92 Å². The van der Waals surface area contributed by atoms with Gasteiger partial charge >= 0.3 is 18.5 Å². The number of benzene rings is 2. The molecule has 0 N–H and O–H groups in total. The number of carbonyl (C=O) groups excluding carboxylic acids is 4. The lowest BCUT2D eigenvalue weighted by molar-refractivity contribution is -0.143. The van der Waals surface area contributed by atoms with Gasteiger partial charge in [0.05, 0.1) is 36.2 Å². The Morgan fingerprint density at radius 2 is 0.884 bits per heavy atom. The summed E-state index contributed by atoms with van der Waals surface area (Å²) < 4.78 is 120. The van der Waals surface area contributed by atoms with Crippen molar-refractivity contribution in [2.75, 3.05) is 0 Å². The maximum absolute atomic E-state index is 13.3. The maximum atomic E-state index is 13.3. The Kier molecular flexibility index (Phi) is 7.04. The standard InChI is InChI=1S/C28H11F9O4S2/c1-10-2-11(4-13(3-10)26(29,30)31)20(38)18-8-16-22(40)23(41)17-9-19(43-25(17)24(16)42-18)21(39)12-5-14(27(32,33)34)7-15(6-12)28(35,36)37/h2-9H,1H3. The molecule has 2 aromatic heterocycles. The third-order valence-corrected chi connectivity index (χ3v) is 8.76. The number of aryl methyl sites for hydroxylation is 1. The van der Waals surface area contributed by atoms with Crippen molar-refractivity contribution in [2.24, 2.45) is 0 Å². The van der Waals surface area contributed by atoms with Gasteiger partial charge in [-0.3, -0.25) is 19.2 Å². The molecule has 2 heterocycles. The van der Waals surface area contributed by atoms with Crippen LogP contribution in [0.15, 0.2) is 48.5 Å². The Hall–Kier alpha value is -4.11. The van der Waals surface area contributed by atoms with E-state index in [0.29, 0.717) is 28.7 Å². The number of alkyl halides is 9. The largest absolute Gasteiger partial charge is 0.416 e. The van der Waals surface area contributed by atoms with Gasteiger partial charge in [0.1, 0.15) is 0 Å². The molecule has 0 radical (unpaired) electrons. The van der Waals surface area contributed by atoms with Crippen LogP contribution in [0.3, 0.4) is 0 Å². The van der Waals surface area contributed by atoms with E-state index in [2.05, 4.69) is 0 Å². The number of thiophene rings is 2. The Balaban J connectivity index is 1.58. The number of rotatable bonds is 4. The van der Waals surface area contributed by atoms with Crippen LogP contribution in [-0.2, 0) is 18.5 Å². The van der Waals surface area contributed by atoms with E-state index in [4.69, 9.17) is 0 Å². The van der Waals surface area contributed by atoms with Gasteiger partial charge in [0, 0.05) is 22.3 Å². The van der Waals surface area contributed by atoms with E-state index in [1.54, 1.807) is 0 Å². The molecule has 15 heteroatoms. The summed E-state index contributed by atoms with van der Waals surface area (Å²) in [5, 5.41) is 0. The summed E-state index contributed by atoms with van der Waals surface area (Å²) in [5.41, 5.74) is -6.39. The minimum absolute atomic E-state index is 0.00396. The molecule has 4 nitrogen and oxygen atoms in total. The average Bonchev–Trinajstić information content (AvgIpc) is 3.54. The van der Waals surface area contributed by atoms with Crippen LogP contribution in [0.2, 0.25) is 0 Å². The van der Waals surface area contributed by atoms with E-state index in [9.17, 15) is 58.7 Å². The number of ketones is 4. The Bertz CT molecular complexity index is 1840. The highest BCUT2D eigenvalue weighted by Gasteiger charge is 2.40. The second-order valence-corrected chi connectivity index (χ2v) is 11.5. The summed E-state index contributed by atoms with van der Waals surface area (Å²) in [4.78, 5) is 51.1. The van der Waals surface area contributed by atoms with Crippen LogP contribution in [0.4, 0.5) is 39.5 Å². The van der Waals surface area contributed by atoms with E-state index >= 15 is 0 Å². The molecule has 0 saturated heterocycles. The summed E-state index contributed by atoms with van der Waals surface area (Å²) >= 11 is 1.14. The predicted molar refractivity (Wildman–Crippen MR) is 136 cm³/mol. The van der Waals surface area contributed by atoms with Crippen molar-refractivity contribution in [1.82, 2.24) is 0 Å². The van der Waals surface area contributed by atoms with E-state index in [0.717, 1.165) is 18.2 Å². The molecule has 0 aliphatic heterocycles. The van der Waals surface area contributed by atoms with Gasteiger partial charge in [-0.15, -0.1) is 22.7 Å². The zero-order valence-corrected chi connectivity index (χ0v) is 22.6. The number of hydrogen-bond acceptors (Lipinski definition) is 6. The third kappa shape index (κ3) is 5.54. The molecule has 0 bridgehead atoms. The number of halogens is 9. The van der Waals surface area contributed by atoms with Crippen LogP contribution in [0.1, 0.15) is 73.4 Å². The fourth-order valence-corrected chi connectivity index (χ4v) is 6.77. The van der Waals surface area contributed by atoms with Crippen molar-refractivity contribution in [1.29, 1.82) is 0 Å². The maximum Gasteiger partial charge on any atom is 0.416 e. The van der Waals surface area contributed by atoms with Gasteiger partial charge < -0.3 is 0 Å². The number of Topliss-reactive ketones (excluding diaryl/α,β-unsaturated/α-hetero) is 2. The van der Waals surface area contributed by atoms with E-state index in [-0.39, 0.29) is 55.1 Å². The fourth-order valence-electron chi connectivity index (χ4n) is 4.37. The highest BCUT2D eigenvalue weighted by molar-refractivity contribution is 7.25. The molecule has 222 valence electrons. The summed E-state index contributed by atoms with van der Waals surface area (Å²) in [6.07, 6.45) is -15.2. The van der Waals surface area contributed by atoms with Gasteiger partial charge in [0.15, 0.2) is 0 Å². The molecule has 0 atom stereocenters. The molecule has 0 unspecified atom stereocenters. The second-order valence-electron chi connectivity index (χ2n) is 9.40. The van der Waals surface area contributed by atoms with Crippen molar-refractivity contribution in [3.8, 4) is 9.75 Å². The first kappa shape index (κ1) is 30.4. The molecular weight excluding hydrogens is 635 g/mol. The average molecular weight is 647 g/mol. The summed E-state index contributed by atoms with van der Waals surface area (Å²) in [6, 6.07) is 4.85. The fraction of sp³-hybridized carbons (Fsp3) is 0.143. The van der Waals surface area contributed by atoms with Gasteiger partial charge in [0.2, 0.25) is 23.1 Å². The topological polar surface area (TPSA) is 68.3 Å². The second kappa shape index (κ2) is 9.98. The SMILES string of the molecule is Cc1cc(C(=O)c2cc3c(s2)-c2sc(C(=O)c4cc(C(F)(F)F)cc(C(F)(F)F)c4)cc2C(=O)C3=O)cc(C(F)(F)F)c1. The summed E-state index contributed by atoms with van der Waals surface area (Å²) in [5.74, 6) is -4.45. The predicted octanol–water partition coefficient (Wildman–Crippen LogP) is 8.68. The molecule has 0 saturated carbocycles. The molecule has 0 amide bonds. The number of hydrogen-bond donors (Lipinski definition) is 0. The minimum atomic E-state index is -5.22. The Labute approximate surface area is 242 Å². The van der Waals surface area contributed by atoms with E-state index in [1.807, 2.05) is 0 Å². The van der Waals surface area contributed by atoms with Crippen LogP contribution >= 0.6 is 22.7 Å². The van der Waals surface area contributed by atoms with Crippen molar-refractivity contribution in [2.45, 2.75) is 25.5 Å². The number of carbonyl (C=O) groups is 4. The van der Waals surface area contributed by atoms with E-state index < -0.39 is 68.8 Å². The minimum Gasteiger partial charge on any atom is -0.288 e. The first-order valence-electron chi connectivity index (χ1n) is 11.7. The highest BCUT2D eigenvalue weighted by Crippen LogP contribution is 2.46. The van der Waals surface area contributed by atoms with Crippen molar-refractivity contribution < 1.29 is 58.7 Å². The van der Waals surface area contributed by atoms with Gasteiger partial charge in [0.25, 0.3) is 0 Å².